The van der Waals surface area contributed by atoms with Crippen molar-refractivity contribution in [1.82, 2.24) is 0 Å². The van der Waals surface area contributed by atoms with E-state index in [2.05, 4.69) is 113 Å². The summed E-state index contributed by atoms with van der Waals surface area (Å²) in [7, 11) is 0. The number of allylic oxidation sites excluding steroid dienone is 10. The molecule has 0 amide bonds. The van der Waals surface area contributed by atoms with Crippen molar-refractivity contribution in [3.8, 4) is 0 Å². The van der Waals surface area contributed by atoms with Gasteiger partial charge >= 0.3 is 0 Å². The first-order chi connectivity index (χ1) is 16.9. The predicted octanol–water partition coefficient (Wildman–Crippen LogP) is 11.1. The van der Waals surface area contributed by atoms with Crippen LogP contribution in [0.15, 0.2) is 122 Å². The van der Waals surface area contributed by atoms with Crippen molar-refractivity contribution >= 4 is 11.1 Å². The number of hydrogen-bond donors (Lipinski definition) is 0. The fourth-order valence-corrected chi connectivity index (χ4v) is 3.62. The summed E-state index contributed by atoms with van der Waals surface area (Å²) in [5, 5.41) is 0. The molecule has 0 N–H and O–H groups in total. The van der Waals surface area contributed by atoms with E-state index in [1.807, 2.05) is 65.0 Å². The van der Waals surface area contributed by atoms with Gasteiger partial charge in [-0.05, 0) is 41.0 Å². The molecule has 3 rings (SSSR count). The largest absolute Gasteiger partial charge is 0.102 e. The van der Waals surface area contributed by atoms with Gasteiger partial charge in [-0.3, -0.25) is 0 Å². The quantitative estimate of drug-likeness (QED) is 0.292. The Hall–Kier alpha value is -3.12. The highest BCUT2D eigenvalue weighted by atomic mass is 14.4. The first-order valence-corrected chi connectivity index (χ1v) is 13.0. The SMILES string of the molecule is C=C(/C=C\C)c1ccccc1.C=CC(C)(CC)C1(C)C=CC=C(c2ccccc2)C=C1.CC.CC. The summed E-state index contributed by atoms with van der Waals surface area (Å²) in [5.74, 6) is 0. The van der Waals surface area contributed by atoms with Gasteiger partial charge in [0.05, 0.1) is 0 Å². The van der Waals surface area contributed by atoms with Gasteiger partial charge in [0.2, 0.25) is 0 Å². The highest BCUT2D eigenvalue weighted by Crippen LogP contribution is 2.46. The summed E-state index contributed by atoms with van der Waals surface area (Å²) in [6, 6.07) is 20.7. The van der Waals surface area contributed by atoms with Gasteiger partial charge in [0.1, 0.15) is 0 Å². The number of rotatable bonds is 6. The molecule has 0 aromatic heterocycles. The van der Waals surface area contributed by atoms with E-state index in [0.717, 1.165) is 12.0 Å². The molecule has 0 saturated heterocycles. The predicted molar refractivity (Wildman–Crippen MR) is 162 cm³/mol. The van der Waals surface area contributed by atoms with Crippen molar-refractivity contribution in [2.24, 2.45) is 10.8 Å². The van der Waals surface area contributed by atoms with Gasteiger partial charge in [-0.1, -0.05) is 164 Å². The van der Waals surface area contributed by atoms with E-state index in [1.165, 1.54) is 16.7 Å². The molecule has 35 heavy (non-hydrogen) atoms. The van der Waals surface area contributed by atoms with E-state index in [-0.39, 0.29) is 10.8 Å². The zero-order valence-electron chi connectivity index (χ0n) is 23.5. The van der Waals surface area contributed by atoms with Crippen LogP contribution in [0.25, 0.3) is 11.1 Å². The summed E-state index contributed by atoms with van der Waals surface area (Å²) in [6.07, 6.45) is 18.4. The molecule has 0 aliphatic heterocycles. The van der Waals surface area contributed by atoms with E-state index in [4.69, 9.17) is 0 Å². The van der Waals surface area contributed by atoms with Crippen LogP contribution in [0.4, 0.5) is 0 Å². The molecular formula is C35H48. The molecule has 1 aliphatic rings. The molecule has 0 fully saturated rings. The second kappa shape index (κ2) is 17.3. The zero-order chi connectivity index (χ0) is 26.7. The summed E-state index contributed by atoms with van der Waals surface area (Å²) in [6.45, 7) is 24.8. The Kier molecular flexibility index (Phi) is 15.8. The van der Waals surface area contributed by atoms with E-state index >= 15 is 0 Å². The van der Waals surface area contributed by atoms with Crippen LogP contribution >= 0.6 is 0 Å². The molecular weight excluding hydrogens is 420 g/mol. The Morgan fingerprint density at radius 3 is 1.94 bits per heavy atom. The third-order valence-electron chi connectivity index (χ3n) is 6.36. The molecule has 1 aliphatic carbocycles. The maximum Gasteiger partial charge on any atom is 0.0127 e. The van der Waals surface area contributed by atoms with Crippen LogP contribution in [0, 0.1) is 10.8 Å². The van der Waals surface area contributed by atoms with Crippen molar-refractivity contribution in [3.05, 3.63) is 134 Å². The van der Waals surface area contributed by atoms with E-state index in [9.17, 15) is 0 Å². The minimum Gasteiger partial charge on any atom is -0.102 e. The Balaban J connectivity index is 0.000000652. The lowest BCUT2D eigenvalue weighted by atomic mass is 9.64. The van der Waals surface area contributed by atoms with E-state index in [0.29, 0.717) is 0 Å². The summed E-state index contributed by atoms with van der Waals surface area (Å²) in [4.78, 5) is 0. The van der Waals surface area contributed by atoms with E-state index < -0.39 is 0 Å². The highest BCUT2D eigenvalue weighted by Gasteiger charge is 2.37. The van der Waals surface area contributed by atoms with Crippen LogP contribution < -0.4 is 0 Å². The fourth-order valence-electron chi connectivity index (χ4n) is 3.62. The standard InChI is InChI=1S/C20H24.C11H12.2C2H6/c1-5-19(3,6-2)20(4)15-10-13-18(14-16-20)17-11-8-7-9-12-17;1-3-7-10(2)11-8-5-4-6-9-11;2*1-2/h5,7-16H,1,6H2,2-4H3;3-9H,2H2,1H3;2*1-2H3/b;7-3-;;. The lowest BCUT2D eigenvalue weighted by Gasteiger charge is -2.40. The van der Waals surface area contributed by atoms with Crippen LogP contribution in [0.5, 0.6) is 0 Å². The molecule has 2 aromatic carbocycles. The average Bonchev–Trinajstić information content (AvgIpc) is 3.14. The lowest BCUT2D eigenvalue weighted by Crippen LogP contribution is -2.32. The average molecular weight is 469 g/mol. The Morgan fingerprint density at radius 1 is 0.914 bits per heavy atom. The van der Waals surface area contributed by atoms with Gasteiger partial charge < -0.3 is 0 Å². The Labute approximate surface area is 217 Å². The maximum absolute atomic E-state index is 4.05. The normalized spacial score (nSPS) is 17.7. The van der Waals surface area contributed by atoms with Gasteiger partial charge in [0.25, 0.3) is 0 Å². The smallest absolute Gasteiger partial charge is 0.0127 e. The number of benzene rings is 2. The van der Waals surface area contributed by atoms with Crippen molar-refractivity contribution in [2.45, 2.75) is 61.8 Å². The Morgan fingerprint density at radius 2 is 1.46 bits per heavy atom. The van der Waals surface area contributed by atoms with Crippen molar-refractivity contribution < 1.29 is 0 Å². The molecule has 2 atom stereocenters. The van der Waals surface area contributed by atoms with Gasteiger partial charge in [0, 0.05) is 5.41 Å². The van der Waals surface area contributed by atoms with Crippen LogP contribution in [-0.4, -0.2) is 0 Å². The topological polar surface area (TPSA) is 0 Å². The second-order valence-corrected chi connectivity index (χ2v) is 8.33. The van der Waals surface area contributed by atoms with Gasteiger partial charge in [0.15, 0.2) is 0 Å². The van der Waals surface area contributed by atoms with E-state index in [1.54, 1.807) is 0 Å². The number of hydrogen-bond acceptors (Lipinski definition) is 0. The van der Waals surface area contributed by atoms with Gasteiger partial charge in [-0.2, -0.15) is 0 Å². The molecule has 0 nitrogen and oxygen atoms in total. The molecule has 0 heteroatoms. The molecule has 0 radical (unpaired) electrons. The fraction of sp³-hybridized carbons (Fsp3) is 0.314. The first-order valence-electron chi connectivity index (χ1n) is 13.0. The first kappa shape index (κ1) is 31.9. The molecule has 0 bridgehead atoms. The molecule has 0 spiro atoms. The van der Waals surface area contributed by atoms with Crippen LogP contribution in [0.3, 0.4) is 0 Å². The summed E-state index contributed by atoms with van der Waals surface area (Å²) < 4.78 is 0. The minimum atomic E-state index is -0.00344. The van der Waals surface area contributed by atoms with Crippen LogP contribution in [0.1, 0.15) is 72.9 Å². The van der Waals surface area contributed by atoms with Gasteiger partial charge in [-0.25, -0.2) is 0 Å². The van der Waals surface area contributed by atoms with Gasteiger partial charge in [-0.15, -0.1) is 6.58 Å². The highest BCUT2D eigenvalue weighted by molar-refractivity contribution is 5.76. The third-order valence-corrected chi connectivity index (χ3v) is 6.36. The van der Waals surface area contributed by atoms with Crippen molar-refractivity contribution in [3.63, 3.8) is 0 Å². The zero-order valence-corrected chi connectivity index (χ0v) is 23.5. The third kappa shape index (κ3) is 9.57. The lowest BCUT2D eigenvalue weighted by molar-refractivity contribution is 0.234. The van der Waals surface area contributed by atoms with Crippen molar-refractivity contribution in [1.29, 1.82) is 0 Å². The minimum absolute atomic E-state index is 0.00344. The molecule has 2 aromatic rings. The maximum atomic E-state index is 4.05. The van der Waals surface area contributed by atoms with Crippen molar-refractivity contribution in [2.75, 3.05) is 0 Å². The molecule has 188 valence electrons. The summed E-state index contributed by atoms with van der Waals surface area (Å²) >= 11 is 0. The second-order valence-electron chi connectivity index (χ2n) is 8.33. The van der Waals surface area contributed by atoms with Crippen LogP contribution in [0.2, 0.25) is 0 Å². The monoisotopic (exact) mass is 468 g/mol. The summed E-state index contributed by atoms with van der Waals surface area (Å²) in [5.41, 5.74) is 4.83. The Bertz CT molecular complexity index is 969. The molecule has 0 heterocycles. The molecule has 2 unspecified atom stereocenters. The molecule has 0 saturated carbocycles. The van der Waals surface area contributed by atoms with Crippen LogP contribution in [-0.2, 0) is 0 Å².